The van der Waals surface area contributed by atoms with Crippen LogP contribution in [0, 0.1) is 23.2 Å². The molecule has 0 radical (unpaired) electrons. The Morgan fingerprint density at radius 1 is 1.20 bits per heavy atom. The first-order valence-electron chi connectivity index (χ1n) is 7.48. The minimum atomic E-state index is -0.716. The molecule has 0 unspecified atom stereocenters. The Morgan fingerprint density at radius 2 is 2.00 bits per heavy atom. The monoisotopic (exact) mass is 280 g/mol. The second-order valence-corrected chi connectivity index (χ2v) is 7.01. The lowest BCUT2D eigenvalue weighted by molar-refractivity contribution is -0.147. The van der Waals surface area contributed by atoms with E-state index < -0.39 is 11.4 Å². The predicted octanol–water partition coefficient (Wildman–Crippen LogP) is 0.262. The van der Waals surface area contributed by atoms with Crippen molar-refractivity contribution in [2.24, 2.45) is 23.2 Å². The topological polar surface area (TPSA) is 89.9 Å². The third-order valence-corrected chi connectivity index (χ3v) is 6.04. The first-order chi connectivity index (χ1) is 9.51. The molecular formula is C14H20N2O4. The van der Waals surface area contributed by atoms with Crippen LogP contribution in [0.1, 0.15) is 25.7 Å². The summed E-state index contributed by atoms with van der Waals surface area (Å²) >= 11 is 0. The van der Waals surface area contributed by atoms with E-state index in [-0.39, 0.29) is 30.0 Å². The summed E-state index contributed by atoms with van der Waals surface area (Å²) < 4.78 is 0. The highest BCUT2D eigenvalue weighted by molar-refractivity contribution is 5.82. The zero-order valence-electron chi connectivity index (χ0n) is 11.3. The van der Waals surface area contributed by atoms with Gasteiger partial charge >= 0.3 is 12.0 Å². The molecule has 0 aromatic carbocycles. The second kappa shape index (κ2) is 3.87. The first kappa shape index (κ1) is 12.4. The second-order valence-electron chi connectivity index (χ2n) is 7.01. The van der Waals surface area contributed by atoms with Gasteiger partial charge in [-0.05, 0) is 37.5 Å². The van der Waals surface area contributed by atoms with Crippen LogP contribution in [0.2, 0.25) is 0 Å². The summed E-state index contributed by atoms with van der Waals surface area (Å²) in [6.45, 7) is 1.37. The van der Waals surface area contributed by atoms with Gasteiger partial charge in [0.05, 0.1) is 11.5 Å². The predicted molar refractivity (Wildman–Crippen MR) is 68.9 cm³/mol. The zero-order chi connectivity index (χ0) is 14.1. The maximum atomic E-state index is 12.2. The van der Waals surface area contributed by atoms with Crippen molar-refractivity contribution in [1.82, 2.24) is 10.2 Å². The lowest BCUT2D eigenvalue weighted by Gasteiger charge is -2.33. The van der Waals surface area contributed by atoms with Gasteiger partial charge in [-0.15, -0.1) is 0 Å². The number of nitrogens with one attached hydrogen (secondary N) is 1. The number of nitrogens with zero attached hydrogens (tertiary/aromatic N) is 1. The number of urea groups is 1. The maximum Gasteiger partial charge on any atom is 0.317 e. The molecule has 20 heavy (non-hydrogen) atoms. The van der Waals surface area contributed by atoms with Crippen molar-refractivity contribution in [3.8, 4) is 0 Å². The van der Waals surface area contributed by atoms with Crippen molar-refractivity contribution in [1.29, 1.82) is 0 Å². The van der Waals surface area contributed by atoms with Gasteiger partial charge in [-0.3, -0.25) is 4.79 Å². The van der Waals surface area contributed by atoms with Crippen LogP contribution in [0.3, 0.4) is 0 Å². The van der Waals surface area contributed by atoms with Crippen molar-refractivity contribution in [2.45, 2.75) is 37.8 Å². The van der Waals surface area contributed by atoms with E-state index in [1.54, 1.807) is 4.90 Å². The van der Waals surface area contributed by atoms with Crippen LogP contribution in [-0.4, -0.2) is 52.3 Å². The number of aliphatic hydroxyl groups is 1. The van der Waals surface area contributed by atoms with Crippen molar-refractivity contribution in [2.75, 3.05) is 13.1 Å². The summed E-state index contributed by atoms with van der Waals surface area (Å²) in [7, 11) is 0. The number of likely N-dealkylation sites (tertiary alicyclic amines) is 1. The molecule has 3 saturated carbocycles. The number of carbonyl (C=O) groups excluding carboxylic acids is 1. The lowest BCUT2D eigenvalue weighted by Crippen LogP contribution is -2.52. The fraction of sp³-hybridized carbons (Fsp3) is 0.857. The zero-order valence-corrected chi connectivity index (χ0v) is 11.3. The molecule has 3 N–H and O–H groups in total. The minimum absolute atomic E-state index is 0.0314. The molecule has 6 nitrogen and oxygen atoms in total. The average molecular weight is 280 g/mol. The van der Waals surface area contributed by atoms with Gasteiger partial charge in [-0.25, -0.2) is 4.79 Å². The molecule has 1 heterocycles. The van der Waals surface area contributed by atoms with E-state index in [9.17, 15) is 14.7 Å². The number of aliphatic hydroxyl groups excluding tert-OH is 1. The van der Waals surface area contributed by atoms with Crippen LogP contribution < -0.4 is 5.32 Å². The summed E-state index contributed by atoms with van der Waals surface area (Å²) in [6, 6.07) is -0.0496. The molecule has 0 spiro atoms. The first-order valence-corrected chi connectivity index (χ1v) is 7.48. The van der Waals surface area contributed by atoms with E-state index in [0.717, 1.165) is 19.4 Å². The molecule has 4 rings (SSSR count). The van der Waals surface area contributed by atoms with Gasteiger partial charge in [-0.2, -0.15) is 0 Å². The van der Waals surface area contributed by atoms with Gasteiger partial charge in [-0.1, -0.05) is 0 Å². The van der Waals surface area contributed by atoms with E-state index in [1.807, 2.05) is 0 Å². The number of carboxylic acid groups (broad SMARTS) is 1. The Bertz CT molecular complexity index is 482. The van der Waals surface area contributed by atoms with Crippen LogP contribution in [0.15, 0.2) is 0 Å². The van der Waals surface area contributed by atoms with E-state index in [2.05, 4.69) is 5.32 Å². The number of hydrogen-bond acceptors (Lipinski definition) is 3. The summed E-state index contributed by atoms with van der Waals surface area (Å²) in [5, 5.41) is 21.9. The summed E-state index contributed by atoms with van der Waals surface area (Å²) in [5.41, 5.74) is -0.518. The Labute approximate surface area is 117 Å². The van der Waals surface area contributed by atoms with Gasteiger partial charge in [0.15, 0.2) is 0 Å². The molecule has 6 atom stereocenters. The average Bonchev–Trinajstić information content (AvgIpc) is 2.72. The lowest BCUT2D eigenvalue weighted by atomic mass is 9.80. The molecule has 0 aromatic rings. The SMILES string of the molecule is O=C(N[C@@H]1C[C@]2(C(=O)O)C[C@H]12)N1C[C@H]2CC[C@@H](O)[C@H]2C1. The summed E-state index contributed by atoms with van der Waals surface area (Å²) in [5.74, 6) is 0.0980. The van der Waals surface area contributed by atoms with Gasteiger partial charge in [0.1, 0.15) is 0 Å². The normalized spacial score (nSPS) is 48.2. The van der Waals surface area contributed by atoms with Crippen LogP contribution in [0.4, 0.5) is 4.79 Å². The molecule has 1 aliphatic heterocycles. The molecule has 110 valence electrons. The highest BCUT2D eigenvalue weighted by Gasteiger charge is 2.72. The van der Waals surface area contributed by atoms with Gasteiger partial charge in [0, 0.05) is 25.0 Å². The van der Waals surface area contributed by atoms with E-state index in [0.29, 0.717) is 25.3 Å². The third-order valence-electron chi connectivity index (χ3n) is 6.04. The number of hydrogen-bond donors (Lipinski definition) is 3. The highest BCUT2D eigenvalue weighted by Crippen LogP contribution is 2.67. The molecule has 0 bridgehead atoms. The number of fused-ring (bicyclic) bond motifs is 2. The Hall–Kier alpha value is -1.30. The molecule has 2 amide bonds. The molecule has 4 fully saturated rings. The number of rotatable bonds is 2. The van der Waals surface area contributed by atoms with Gasteiger partial charge < -0.3 is 20.4 Å². The number of aliphatic carboxylic acids is 1. The standard InChI is InChI=1S/C14H20N2O4/c17-11-2-1-7-5-16(6-8(7)11)13(20)15-10-4-14(12(18)19)3-9(10)14/h7-11,17H,1-6H2,(H,15,20)(H,18,19)/t7-,8+,9-,10-,11-,14-/m1/s1. The van der Waals surface area contributed by atoms with Crippen molar-refractivity contribution >= 4 is 12.0 Å². The summed E-state index contributed by atoms with van der Waals surface area (Å²) in [6.07, 6.45) is 2.88. The van der Waals surface area contributed by atoms with Gasteiger partial charge in [0.25, 0.3) is 0 Å². The molecule has 1 saturated heterocycles. The van der Waals surface area contributed by atoms with Crippen LogP contribution >= 0.6 is 0 Å². The van der Waals surface area contributed by atoms with E-state index in [1.165, 1.54) is 0 Å². The van der Waals surface area contributed by atoms with Crippen molar-refractivity contribution in [3.05, 3.63) is 0 Å². The number of carboxylic acids is 1. The smallest absolute Gasteiger partial charge is 0.317 e. The molecule has 4 aliphatic rings. The molecule has 6 heteroatoms. The van der Waals surface area contributed by atoms with Crippen molar-refractivity contribution < 1.29 is 19.8 Å². The van der Waals surface area contributed by atoms with Gasteiger partial charge in [0.2, 0.25) is 0 Å². The van der Waals surface area contributed by atoms with E-state index in [4.69, 9.17) is 5.11 Å². The molecule has 3 aliphatic carbocycles. The third kappa shape index (κ3) is 1.54. The number of amides is 2. The quantitative estimate of drug-likeness (QED) is 0.677. The fourth-order valence-corrected chi connectivity index (χ4v) is 4.61. The van der Waals surface area contributed by atoms with Crippen LogP contribution in [-0.2, 0) is 4.79 Å². The van der Waals surface area contributed by atoms with Crippen LogP contribution in [0.25, 0.3) is 0 Å². The molecule has 0 aromatic heterocycles. The van der Waals surface area contributed by atoms with Crippen molar-refractivity contribution in [3.63, 3.8) is 0 Å². The molecular weight excluding hydrogens is 260 g/mol. The Kier molecular flexibility index (Phi) is 2.41. The number of carbonyl (C=O) groups is 2. The summed E-state index contributed by atoms with van der Waals surface area (Å²) in [4.78, 5) is 25.1. The minimum Gasteiger partial charge on any atom is -0.481 e. The maximum absolute atomic E-state index is 12.2. The Morgan fingerprint density at radius 3 is 2.60 bits per heavy atom. The van der Waals surface area contributed by atoms with Crippen LogP contribution in [0.5, 0.6) is 0 Å². The van der Waals surface area contributed by atoms with E-state index >= 15 is 0 Å². The highest BCUT2D eigenvalue weighted by atomic mass is 16.4. The fourth-order valence-electron chi connectivity index (χ4n) is 4.61. The Balaban J connectivity index is 1.32. The largest absolute Gasteiger partial charge is 0.481 e.